The molecule has 0 spiro atoms. The van der Waals surface area contributed by atoms with Crippen molar-refractivity contribution in [1.82, 2.24) is 9.80 Å². The summed E-state index contributed by atoms with van der Waals surface area (Å²) in [6.45, 7) is 16.0. The third-order valence-electron chi connectivity index (χ3n) is 5.51. The van der Waals surface area contributed by atoms with Gasteiger partial charge in [-0.25, -0.2) is 0 Å². The number of methoxy groups -OCH3 is 1. The first-order valence-electron chi connectivity index (χ1n) is 10.0. The molecule has 2 unspecified atom stereocenters. The lowest BCUT2D eigenvalue weighted by Crippen LogP contribution is -2.29. The Balaban J connectivity index is 4.05. The Morgan fingerprint density at radius 2 is 1.30 bits per heavy atom. The molecule has 140 valence electrons. The second-order valence-electron chi connectivity index (χ2n) is 7.03. The summed E-state index contributed by atoms with van der Waals surface area (Å²) in [6.07, 6.45) is 8.20. The molecule has 0 aliphatic rings. The van der Waals surface area contributed by atoms with Gasteiger partial charge >= 0.3 is 0 Å². The van der Waals surface area contributed by atoms with E-state index in [9.17, 15) is 0 Å². The Hall–Kier alpha value is -0.120. The van der Waals surface area contributed by atoms with E-state index >= 15 is 0 Å². The van der Waals surface area contributed by atoms with Crippen molar-refractivity contribution in [3.63, 3.8) is 0 Å². The highest BCUT2D eigenvalue weighted by molar-refractivity contribution is 4.67. The van der Waals surface area contributed by atoms with E-state index < -0.39 is 0 Å². The molecule has 0 bridgehead atoms. The van der Waals surface area contributed by atoms with E-state index in [1.807, 2.05) is 0 Å². The number of rotatable bonds is 16. The third kappa shape index (κ3) is 12.0. The smallest absolute Gasteiger partial charge is 0.0589 e. The molecule has 0 fully saturated rings. The Bertz CT molecular complexity index is 248. The molecule has 0 heterocycles. The van der Waals surface area contributed by atoms with E-state index in [1.54, 1.807) is 7.11 Å². The molecule has 2 atom stereocenters. The van der Waals surface area contributed by atoms with Crippen molar-refractivity contribution in [3.05, 3.63) is 0 Å². The van der Waals surface area contributed by atoms with Crippen LogP contribution < -0.4 is 0 Å². The lowest BCUT2D eigenvalue weighted by molar-refractivity contribution is 0.145. The van der Waals surface area contributed by atoms with Gasteiger partial charge in [0.1, 0.15) is 0 Å². The van der Waals surface area contributed by atoms with Crippen molar-refractivity contribution in [1.29, 1.82) is 0 Å². The fourth-order valence-corrected chi connectivity index (χ4v) is 3.15. The van der Waals surface area contributed by atoms with Gasteiger partial charge in [-0.05, 0) is 57.9 Å². The number of ether oxygens (including phenoxy) is 1. The summed E-state index contributed by atoms with van der Waals surface area (Å²) in [7, 11) is 4.03. The van der Waals surface area contributed by atoms with Crippen LogP contribution in [-0.2, 0) is 4.74 Å². The lowest BCUT2D eigenvalue weighted by Gasteiger charge is -2.25. The summed E-state index contributed by atoms with van der Waals surface area (Å²) in [5, 5.41) is 0. The molecule has 0 aromatic carbocycles. The van der Waals surface area contributed by atoms with Gasteiger partial charge in [0.15, 0.2) is 0 Å². The number of likely N-dealkylation sites (N-methyl/N-ethyl adjacent to an activating group) is 1. The Labute approximate surface area is 146 Å². The van der Waals surface area contributed by atoms with Gasteiger partial charge in [-0.2, -0.15) is 0 Å². The molecule has 0 aliphatic heterocycles. The average molecular weight is 329 g/mol. The van der Waals surface area contributed by atoms with Crippen LogP contribution in [0.4, 0.5) is 0 Å². The molecule has 3 heteroatoms. The highest BCUT2D eigenvalue weighted by Crippen LogP contribution is 2.23. The predicted molar refractivity (Wildman–Crippen MR) is 103 cm³/mol. The maximum absolute atomic E-state index is 5.21. The van der Waals surface area contributed by atoms with E-state index in [0.717, 1.165) is 31.5 Å². The van der Waals surface area contributed by atoms with E-state index in [4.69, 9.17) is 4.74 Å². The maximum atomic E-state index is 5.21. The molecule has 0 saturated heterocycles. The first-order chi connectivity index (χ1) is 11.1. The van der Waals surface area contributed by atoms with E-state index in [0.29, 0.717) is 0 Å². The molecular formula is C20H44N2O. The number of hydrogen-bond acceptors (Lipinski definition) is 3. The van der Waals surface area contributed by atoms with Crippen LogP contribution in [0.25, 0.3) is 0 Å². The Morgan fingerprint density at radius 1 is 0.739 bits per heavy atom. The normalized spacial score (nSPS) is 14.6. The van der Waals surface area contributed by atoms with Gasteiger partial charge in [-0.1, -0.05) is 53.4 Å². The minimum atomic E-state index is 0.855. The van der Waals surface area contributed by atoms with Crippen LogP contribution in [0.5, 0.6) is 0 Å². The molecule has 0 N–H and O–H groups in total. The van der Waals surface area contributed by atoms with Crippen molar-refractivity contribution in [2.75, 3.05) is 53.5 Å². The highest BCUT2D eigenvalue weighted by atomic mass is 16.5. The van der Waals surface area contributed by atoms with Crippen molar-refractivity contribution < 1.29 is 4.74 Å². The monoisotopic (exact) mass is 328 g/mol. The van der Waals surface area contributed by atoms with Crippen LogP contribution in [0, 0.1) is 11.8 Å². The first-order valence-corrected chi connectivity index (χ1v) is 10.0. The van der Waals surface area contributed by atoms with Crippen LogP contribution in [0.3, 0.4) is 0 Å². The number of nitrogens with zero attached hydrogens (tertiary/aromatic N) is 2. The summed E-state index contributed by atoms with van der Waals surface area (Å²) in [5.41, 5.74) is 0. The Morgan fingerprint density at radius 3 is 1.74 bits per heavy atom. The molecule has 0 amide bonds. The van der Waals surface area contributed by atoms with Gasteiger partial charge in [0.25, 0.3) is 0 Å². The summed E-state index contributed by atoms with van der Waals surface area (Å²) >= 11 is 0. The average Bonchev–Trinajstić information content (AvgIpc) is 2.59. The van der Waals surface area contributed by atoms with Gasteiger partial charge in [-0.3, -0.25) is 0 Å². The molecule has 23 heavy (non-hydrogen) atoms. The van der Waals surface area contributed by atoms with E-state index in [-0.39, 0.29) is 0 Å². The fraction of sp³-hybridized carbons (Fsp3) is 1.00. The van der Waals surface area contributed by atoms with Crippen LogP contribution >= 0.6 is 0 Å². The highest BCUT2D eigenvalue weighted by Gasteiger charge is 2.13. The minimum Gasteiger partial charge on any atom is -0.383 e. The maximum Gasteiger partial charge on any atom is 0.0589 e. The third-order valence-corrected chi connectivity index (χ3v) is 5.51. The van der Waals surface area contributed by atoms with Gasteiger partial charge in [0.2, 0.25) is 0 Å². The molecular weight excluding hydrogens is 284 g/mol. The van der Waals surface area contributed by atoms with Crippen LogP contribution in [-0.4, -0.2) is 63.3 Å². The SMILES string of the molecule is CCC(CCC(CC)CCN(CC)CCOC)CCN(C)CC. The standard InChI is InChI=1S/C20H44N2O/c1-7-19(13-15-21(5)9-3)11-12-20(8-2)14-16-22(10-4)17-18-23-6/h19-20H,7-18H2,1-6H3. The van der Waals surface area contributed by atoms with Crippen molar-refractivity contribution in [2.45, 2.75) is 66.2 Å². The summed E-state index contributed by atoms with van der Waals surface area (Å²) in [5.74, 6) is 1.80. The van der Waals surface area contributed by atoms with Gasteiger partial charge in [0.05, 0.1) is 6.61 Å². The zero-order valence-electron chi connectivity index (χ0n) is 16.9. The summed E-state index contributed by atoms with van der Waals surface area (Å²) in [6, 6.07) is 0. The van der Waals surface area contributed by atoms with Crippen molar-refractivity contribution in [2.24, 2.45) is 11.8 Å². The van der Waals surface area contributed by atoms with Gasteiger partial charge < -0.3 is 14.5 Å². The molecule has 0 aromatic rings. The lowest BCUT2D eigenvalue weighted by atomic mass is 9.88. The summed E-state index contributed by atoms with van der Waals surface area (Å²) in [4.78, 5) is 4.97. The van der Waals surface area contributed by atoms with E-state index in [2.05, 4.69) is 44.5 Å². The van der Waals surface area contributed by atoms with Crippen LogP contribution in [0.2, 0.25) is 0 Å². The first kappa shape index (κ1) is 22.9. The molecule has 0 aliphatic carbocycles. The molecule has 0 aromatic heterocycles. The zero-order valence-corrected chi connectivity index (χ0v) is 16.9. The van der Waals surface area contributed by atoms with Crippen LogP contribution in [0.1, 0.15) is 66.2 Å². The molecule has 0 radical (unpaired) electrons. The second kappa shape index (κ2) is 15.4. The van der Waals surface area contributed by atoms with Crippen molar-refractivity contribution >= 4 is 0 Å². The zero-order chi connectivity index (χ0) is 17.5. The molecule has 3 nitrogen and oxygen atoms in total. The number of hydrogen-bond donors (Lipinski definition) is 0. The molecule has 0 rings (SSSR count). The van der Waals surface area contributed by atoms with E-state index in [1.165, 1.54) is 58.2 Å². The predicted octanol–water partition coefficient (Wildman–Crippen LogP) is 4.52. The quantitative estimate of drug-likeness (QED) is 0.414. The second-order valence-corrected chi connectivity index (χ2v) is 7.03. The molecule has 0 saturated carbocycles. The van der Waals surface area contributed by atoms with Gasteiger partial charge in [-0.15, -0.1) is 0 Å². The van der Waals surface area contributed by atoms with Gasteiger partial charge in [0, 0.05) is 13.7 Å². The Kier molecular flexibility index (Phi) is 15.3. The van der Waals surface area contributed by atoms with Crippen molar-refractivity contribution in [3.8, 4) is 0 Å². The summed E-state index contributed by atoms with van der Waals surface area (Å²) < 4.78 is 5.21. The minimum absolute atomic E-state index is 0.855. The van der Waals surface area contributed by atoms with Crippen LogP contribution in [0.15, 0.2) is 0 Å². The topological polar surface area (TPSA) is 15.7 Å². The largest absolute Gasteiger partial charge is 0.383 e. The fourth-order valence-electron chi connectivity index (χ4n) is 3.15.